The molecule has 12 heavy (non-hydrogen) atoms. The van der Waals surface area contributed by atoms with Crippen LogP contribution in [0.4, 0.5) is 0 Å². The highest BCUT2D eigenvalue weighted by molar-refractivity contribution is 4.85. The minimum absolute atomic E-state index is 0. The number of hydrogen-bond acceptors (Lipinski definition) is 0. The van der Waals surface area contributed by atoms with Gasteiger partial charge in [-0.1, -0.05) is 18.6 Å². The van der Waals surface area contributed by atoms with E-state index in [1.54, 1.807) is 0 Å². The molecule has 0 amide bonds. The first-order valence-corrected chi connectivity index (χ1v) is 3.46. The molecule has 1 heterocycles. The van der Waals surface area contributed by atoms with Crippen LogP contribution in [0.3, 0.4) is 0 Å². The van der Waals surface area contributed by atoms with Crippen LogP contribution < -0.4 is 17.0 Å². The number of allylic oxidation sites excluding steroid dienone is 1. The van der Waals surface area contributed by atoms with E-state index in [0.29, 0.717) is 6.54 Å². The molecule has 0 aliphatic carbocycles. The topological polar surface area (TPSA) is 8.81 Å². The molecule has 0 bridgehead atoms. The molecule has 2 nitrogen and oxygen atoms in total. The van der Waals surface area contributed by atoms with Gasteiger partial charge in [-0.3, -0.25) is 0 Å². The summed E-state index contributed by atoms with van der Waals surface area (Å²) in [4.78, 5) is 0. The fourth-order valence-electron chi connectivity index (χ4n) is 0.895. The largest absolute Gasteiger partial charge is 1.00 e. The summed E-state index contributed by atoms with van der Waals surface area (Å²) in [6.07, 6.45) is 12.9. The van der Waals surface area contributed by atoms with E-state index >= 15 is 0 Å². The molecule has 1 aromatic heterocycles. The molecule has 0 saturated heterocycles. The Labute approximate surface area is 78.9 Å². The van der Waals surface area contributed by atoms with Crippen LogP contribution in [0, 0.1) is 12.3 Å². The van der Waals surface area contributed by atoms with Crippen molar-refractivity contribution in [2.45, 2.75) is 13.1 Å². The minimum atomic E-state index is 0. The number of nitrogens with zero attached hydrogens (tertiary/aromatic N) is 2. The molecule has 64 valence electrons. The molecule has 0 spiro atoms. The summed E-state index contributed by atoms with van der Waals surface area (Å²) in [5, 5.41) is 0. The lowest BCUT2D eigenvalue weighted by Gasteiger charge is -1.85. The number of aromatic nitrogens is 2. The van der Waals surface area contributed by atoms with E-state index in [1.165, 1.54) is 0 Å². The average molecular weight is 183 g/mol. The quantitative estimate of drug-likeness (QED) is 0.280. The van der Waals surface area contributed by atoms with Crippen molar-refractivity contribution >= 4 is 0 Å². The number of imidazole rings is 1. The third-order valence-electron chi connectivity index (χ3n) is 1.36. The maximum atomic E-state index is 5.14. The van der Waals surface area contributed by atoms with Crippen LogP contribution in [0.15, 0.2) is 31.4 Å². The highest BCUT2D eigenvalue weighted by atomic mass is 35.5. The van der Waals surface area contributed by atoms with Crippen LogP contribution in [0.5, 0.6) is 0 Å². The first-order valence-electron chi connectivity index (χ1n) is 3.46. The van der Waals surface area contributed by atoms with Crippen molar-refractivity contribution in [2.75, 3.05) is 0 Å². The van der Waals surface area contributed by atoms with E-state index in [0.717, 1.165) is 6.54 Å². The van der Waals surface area contributed by atoms with Crippen LogP contribution in [-0.2, 0) is 13.1 Å². The maximum Gasteiger partial charge on any atom is 0.244 e. The third kappa shape index (κ3) is 2.81. The van der Waals surface area contributed by atoms with Gasteiger partial charge in [0, 0.05) is 0 Å². The molecule has 1 aromatic rings. The van der Waals surface area contributed by atoms with E-state index in [-0.39, 0.29) is 12.4 Å². The van der Waals surface area contributed by atoms with E-state index in [9.17, 15) is 0 Å². The summed E-state index contributed by atoms with van der Waals surface area (Å²) in [5.41, 5.74) is 0. The third-order valence-corrected chi connectivity index (χ3v) is 1.36. The van der Waals surface area contributed by atoms with Crippen LogP contribution in [0.1, 0.15) is 0 Å². The minimum Gasteiger partial charge on any atom is -1.00 e. The van der Waals surface area contributed by atoms with E-state index in [1.807, 2.05) is 33.9 Å². The zero-order valence-corrected chi connectivity index (χ0v) is 7.54. The summed E-state index contributed by atoms with van der Waals surface area (Å²) in [7, 11) is 0. The molecule has 0 unspecified atom stereocenters. The molecule has 0 N–H and O–H groups in total. The second-order valence-corrected chi connectivity index (χ2v) is 2.28. The van der Waals surface area contributed by atoms with Gasteiger partial charge in [-0.15, -0.1) is 6.42 Å². The van der Waals surface area contributed by atoms with Crippen molar-refractivity contribution in [2.24, 2.45) is 0 Å². The van der Waals surface area contributed by atoms with Crippen LogP contribution in [0.2, 0.25) is 0 Å². The molecule has 0 aromatic carbocycles. The van der Waals surface area contributed by atoms with Crippen molar-refractivity contribution in [3.05, 3.63) is 31.4 Å². The van der Waals surface area contributed by atoms with E-state index in [2.05, 4.69) is 12.5 Å². The second kappa shape index (κ2) is 5.45. The van der Waals surface area contributed by atoms with Gasteiger partial charge in [-0.25, -0.2) is 9.13 Å². The number of terminal acetylenes is 1. The lowest BCUT2D eigenvalue weighted by Crippen LogP contribution is -3.00. The van der Waals surface area contributed by atoms with Crippen LogP contribution >= 0.6 is 0 Å². The van der Waals surface area contributed by atoms with Gasteiger partial charge < -0.3 is 12.4 Å². The smallest absolute Gasteiger partial charge is 0.244 e. The standard InChI is InChI=1S/C9H11N2.ClH/c1-3-5-10-7-8-11(9-10)6-4-2;/h1,4,7-9H,2,5-6H2;1H/q+1;/p-1. The summed E-state index contributed by atoms with van der Waals surface area (Å²) in [6, 6.07) is 0. The van der Waals surface area contributed by atoms with Gasteiger partial charge in [0.05, 0.1) is 0 Å². The van der Waals surface area contributed by atoms with Crippen molar-refractivity contribution < 1.29 is 17.0 Å². The molecule has 0 aliphatic rings. The van der Waals surface area contributed by atoms with E-state index in [4.69, 9.17) is 6.42 Å². The SMILES string of the molecule is C#CCn1cc[n+](CC=C)c1.[Cl-]. The Bertz CT molecular complexity index is 283. The van der Waals surface area contributed by atoms with Gasteiger partial charge in [-0.05, 0) is 0 Å². The fourth-order valence-corrected chi connectivity index (χ4v) is 0.895. The number of halogens is 1. The van der Waals surface area contributed by atoms with Crippen LogP contribution in [0.25, 0.3) is 0 Å². The molecule has 0 radical (unpaired) electrons. The maximum absolute atomic E-state index is 5.14. The van der Waals surface area contributed by atoms with Crippen molar-refractivity contribution in [1.82, 2.24) is 4.57 Å². The summed E-state index contributed by atoms with van der Waals surface area (Å²) >= 11 is 0. The zero-order valence-electron chi connectivity index (χ0n) is 6.78. The number of hydrogen-bond donors (Lipinski definition) is 0. The normalized spacial score (nSPS) is 8.25. The molecular weight excluding hydrogens is 172 g/mol. The highest BCUT2D eigenvalue weighted by Crippen LogP contribution is 1.82. The Balaban J connectivity index is 0.00000121. The zero-order chi connectivity index (χ0) is 8.10. The average Bonchev–Trinajstić information content (AvgIpc) is 2.38. The molecular formula is C9H11ClN2. The Morgan fingerprint density at radius 1 is 1.67 bits per heavy atom. The van der Waals surface area contributed by atoms with Gasteiger partial charge in [0.25, 0.3) is 0 Å². The summed E-state index contributed by atoms with van der Waals surface area (Å²) < 4.78 is 3.97. The summed E-state index contributed by atoms with van der Waals surface area (Å²) in [6.45, 7) is 5.10. The predicted octanol–water partition coefficient (Wildman–Crippen LogP) is -2.40. The molecule has 0 saturated carbocycles. The first kappa shape index (κ1) is 10.8. The fraction of sp³-hybridized carbons (Fsp3) is 0.222. The van der Waals surface area contributed by atoms with Gasteiger partial charge >= 0.3 is 0 Å². The lowest BCUT2D eigenvalue weighted by molar-refractivity contribution is -0.686. The van der Waals surface area contributed by atoms with Gasteiger partial charge in [0.15, 0.2) is 6.54 Å². The molecule has 1 rings (SSSR count). The van der Waals surface area contributed by atoms with Gasteiger partial charge in [-0.2, -0.15) is 0 Å². The second-order valence-electron chi connectivity index (χ2n) is 2.28. The Hall–Kier alpha value is -1.20. The Morgan fingerprint density at radius 2 is 2.42 bits per heavy atom. The van der Waals surface area contributed by atoms with Gasteiger partial charge in [0.2, 0.25) is 6.33 Å². The molecule has 3 heteroatoms. The first-order chi connectivity index (χ1) is 5.36. The van der Waals surface area contributed by atoms with Crippen molar-refractivity contribution in [3.8, 4) is 12.3 Å². The Kier molecular flexibility index (Phi) is 4.91. The molecule has 0 atom stereocenters. The summed E-state index contributed by atoms with van der Waals surface area (Å²) in [5.74, 6) is 2.56. The Morgan fingerprint density at radius 3 is 3.00 bits per heavy atom. The predicted molar refractivity (Wildman–Crippen MR) is 43.7 cm³/mol. The van der Waals surface area contributed by atoms with Crippen molar-refractivity contribution in [3.63, 3.8) is 0 Å². The lowest BCUT2D eigenvalue weighted by atomic mass is 10.6. The van der Waals surface area contributed by atoms with E-state index < -0.39 is 0 Å². The highest BCUT2D eigenvalue weighted by Gasteiger charge is 1.98. The van der Waals surface area contributed by atoms with Gasteiger partial charge in [0.1, 0.15) is 18.9 Å². The molecule has 0 aliphatic heterocycles. The van der Waals surface area contributed by atoms with Crippen LogP contribution in [-0.4, -0.2) is 4.57 Å². The molecule has 0 fully saturated rings. The van der Waals surface area contributed by atoms with Crippen molar-refractivity contribution in [1.29, 1.82) is 0 Å². The monoisotopic (exact) mass is 182 g/mol. The number of rotatable bonds is 3.